The summed E-state index contributed by atoms with van der Waals surface area (Å²) in [6.45, 7) is 16.7. The lowest BCUT2D eigenvalue weighted by Gasteiger charge is -2.53. The zero-order chi connectivity index (χ0) is 24.7. The fourth-order valence-electron chi connectivity index (χ4n) is 6.06. The minimum absolute atomic E-state index is 0.0130. The van der Waals surface area contributed by atoms with Crippen molar-refractivity contribution in [1.29, 1.82) is 0 Å². The van der Waals surface area contributed by atoms with Crippen LogP contribution in [0, 0.1) is 28.6 Å². The average Bonchev–Trinajstić information content (AvgIpc) is 3.07. The molecule has 0 bridgehead atoms. The van der Waals surface area contributed by atoms with Gasteiger partial charge >= 0.3 is 0 Å². The summed E-state index contributed by atoms with van der Waals surface area (Å²) < 4.78 is 0. The number of aliphatic hydroxyl groups is 1. The fraction of sp³-hybridized carbons (Fsp3) is 0.731. The second kappa shape index (κ2) is 9.49. The highest BCUT2D eigenvalue weighted by atomic mass is 32.1. The lowest BCUT2D eigenvalue weighted by molar-refractivity contribution is -0.143. The molecule has 1 aromatic rings. The molecule has 184 valence electrons. The van der Waals surface area contributed by atoms with Crippen molar-refractivity contribution in [2.24, 2.45) is 28.6 Å². The molecule has 2 amide bonds. The van der Waals surface area contributed by atoms with E-state index in [4.69, 9.17) is 4.98 Å². The molecule has 2 aliphatic carbocycles. The van der Waals surface area contributed by atoms with Gasteiger partial charge in [0, 0.05) is 36.7 Å². The SMILES string of the molecule is C=CCN(C)C(=O)C(C)C1CCC2(C)Cc3sc(NC(=O)CC(C)(C)C)nc3C(C)C2C1O. The first kappa shape index (κ1) is 25.9. The molecule has 1 aromatic heterocycles. The molecule has 33 heavy (non-hydrogen) atoms. The Morgan fingerprint density at radius 2 is 2.09 bits per heavy atom. The van der Waals surface area contributed by atoms with Crippen molar-refractivity contribution in [3.05, 3.63) is 23.2 Å². The van der Waals surface area contributed by atoms with Gasteiger partial charge in [-0.3, -0.25) is 9.59 Å². The number of hydrogen-bond acceptors (Lipinski definition) is 5. The first-order chi connectivity index (χ1) is 15.3. The standard InChI is InChI=1S/C26H41N3O3S/c1-9-12-29(8)23(32)15(2)17-10-11-26(7)13-18-21(16(3)20(26)22(17)31)28-24(33-18)27-19(30)14-25(4,5)6/h9,15-17,20,22,31H,1,10-14H2,2-8H3,(H,27,28,30). The molecule has 6 atom stereocenters. The minimum atomic E-state index is -0.566. The number of carbonyl (C=O) groups is 2. The molecule has 1 heterocycles. The third kappa shape index (κ3) is 5.35. The second-order valence-electron chi connectivity index (χ2n) is 11.7. The number of anilines is 1. The summed E-state index contributed by atoms with van der Waals surface area (Å²) in [5.41, 5.74) is 0.872. The van der Waals surface area contributed by atoms with Crippen LogP contribution in [0.3, 0.4) is 0 Å². The molecule has 7 heteroatoms. The monoisotopic (exact) mass is 475 g/mol. The zero-order valence-electron chi connectivity index (χ0n) is 21.3. The Kier molecular flexibility index (Phi) is 7.45. The number of aliphatic hydroxyl groups excluding tert-OH is 1. The molecule has 6 nitrogen and oxygen atoms in total. The van der Waals surface area contributed by atoms with E-state index in [1.165, 1.54) is 4.88 Å². The largest absolute Gasteiger partial charge is 0.392 e. The average molecular weight is 476 g/mol. The van der Waals surface area contributed by atoms with Crippen molar-refractivity contribution < 1.29 is 14.7 Å². The van der Waals surface area contributed by atoms with Gasteiger partial charge in [-0.05, 0) is 41.9 Å². The van der Waals surface area contributed by atoms with Crippen LogP contribution < -0.4 is 5.32 Å². The van der Waals surface area contributed by atoms with Gasteiger partial charge in [0.15, 0.2) is 5.13 Å². The highest BCUT2D eigenvalue weighted by Crippen LogP contribution is 2.57. The van der Waals surface area contributed by atoms with Crippen LogP contribution in [-0.2, 0) is 16.0 Å². The van der Waals surface area contributed by atoms with Crippen LogP contribution in [0.5, 0.6) is 0 Å². The predicted octanol–water partition coefficient (Wildman–Crippen LogP) is 4.85. The van der Waals surface area contributed by atoms with Crippen molar-refractivity contribution >= 4 is 28.3 Å². The number of thiazole rings is 1. The molecule has 1 saturated carbocycles. The van der Waals surface area contributed by atoms with Crippen LogP contribution in [0.1, 0.15) is 77.3 Å². The summed E-state index contributed by atoms with van der Waals surface area (Å²) >= 11 is 1.58. The van der Waals surface area contributed by atoms with Crippen molar-refractivity contribution in [2.75, 3.05) is 18.9 Å². The highest BCUT2D eigenvalue weighted by Gasteiger charge is 2.54. The quantitative estimate of drug-likeness (QED) is 0.576. The first-order valence-electron chi connectivity index (χ1n) is 12.1. The molecule has 3 rings (SSSR count). The van der Waals surface area contributed by atoms with Crippen LogP contribution >= 0.6 is 11.3 Å². The van der Waals surface area contributed by atoms with Gasteiger partial charge in [-0.1, -0.05) is 47.6 Å². The van der Waals surface area contributed by atoms with E-state index in [0.717, 1.165) is 25.0 Å². The predicted molar refractivity (Wildman–Crippen MR) is 134 cm³/mol. The summed E-state index contributed by atoms with van der Waals surface area (Å²) in [6.07, 6.45) is 4.26. The molecule has 0 aromatic carbocycles. The number of carbonyl (C=O) groups excluding carboxylic acids is 2. The van der Waals surface area contributed by atoms with Crippen LogP contribution in [0.25, 0.3) is 0 Å². The molecule has 2 aliphatic rings. The normalized spacial score (nSPS) is 30.1. The van der Waals surface area contributed by atoms with Crippen LogP contribution in [-0.4, -0.2) is 46.5 Å². The molecule has 0 radical (unpaired) electrons. The van der Waals surface area contributed by atoms with Gasteiger partial charge in [0.2, 0.25) is 11.8 Å². The number of rotatable bonds is 6. The number of likely N-dealkylation sites (N-methyl/N-ethyl adjacent to an activating group) is 1. The lowest BCUT2D eigenvalue weighted by atomic mass is 9.53. The van der Waals surface area contributed by atoms with E-state index in [0.29, 0.717) is 18.1 Å². The number of nitrogens with one attached hydrogen (secondary N) is 1. The van der Waals surface area contributed by atoms with E-state index in [2.05, 4.69) is 25.7 Å². The van der Waals surface area contributed by atoms with Crippen LogP contribution in [0.2, 0.25) is 0 Å². The Labute approximate surface area is 202 Å². The van der Waals surface area contributed by atoms with Gasteiger partial charge in [0.05, 0.1) is 11.8 Å². The minimum Gasteiger partial charge on any atom is -0.392 e. The number of aromatic nitrogens is 1. The summed E-state index contributed by atoms with van der Waals surface area (Å²) in [5.74, 6) is -0.175. The Bertz CT molecular complexity index is 905. The van der Waals surface area contributed by atoms with Gasteiger partial charge in [0.1, 0.15) is 0 Å². The Hall–Kier alpha value is -1.73. The van der Waals surface area contributed by atoms with E-state index in [9.17, 15) is 14.7 Å². The third-order valence-electron chi connectivity index (χ3n) is 7.67. The lowest BCUT2D eigenvalue weighted by Crippen LogP contribution is -2.53. The molecule has 0 saturated heterocycles. The molecule has 1 fully saturated rings. The smallest absolute Gasteiger partial charge is 0.226 e. The first-order valence-corrected chi connectivity index (χ1v) is 12.9. The summed E-state index contributed by atoms with van der Waals surface area (Å²) in [6, 6.07) is 0. The number of nitrogens with zero attached hydrogens (tertiary/aromatic N) is 2. The van der Waals surface area contributed by atoms with E-state index in [1.54, 1.807) is 29.4 Å². The topological polar surface area (TPSA) is 82.5 Å². The van der Waals surface area contributed by atoms with E-state index < -0.39 is 6.10 Å². The van der Waals surface area contributed by atoms with Gasteiger partial charge in [-0.15, -0.1) is 17.9 Å². The summed E-state index contributed by atoms with van der Waals surface area (Å²) in [7, 11) is 1.79. The van der Waals surface area contributed by atoms with Crippen molar-refractivity contribution in [1.82, 2.24) is 9.88 Å². The van der Waals surface area contributed by atoms with E-state index in [1.807, 2.05) is 27.7 Å². The van der Waals surface area contributed by atoms with Gasteiger partial charge in [0.25, 0.3) is 0 Å². The van der Waals surface area contributed by atoms with Gasteiger partial charge in [-0.2, -0.15) is 0 Å². The van der Waals surface area contributed by atoms with Crippen LogP contribution in [0.4, 0.5) is 5.13 Å². The summed E-state index contributed by atoms with van der Waals surface area (Å²) in [5, 5.41) is 15.2. The van der Waals surface area contributed by atoms with Gasteiger partial charge in [-0.25, -0.2) is 4.98 Å². The van der Waals surface area contributed by atoms with Crippen molar-refractivity contribution in [3.63, 3.8) is 0 Å². The fourth-order valence-corrected chi connectivity index (χ4v) is 7.34. The number of amides is 2. The molecular formula is C26H41N3O3S. The Morgan fingerprint density at radius 3 is 2.70 bits per heavy atom. The third-order valence-corrected chi connectivity index (χ3v) is 8.66. The Balaban J connectivity index is 1.80. The maximum absolute atomic E-state index is 12.9. The van der Waals surface area contributed by atoms with Gasteiger partial charge < -0.3 is 15.3 Å². The second-order valence-corrected chi connectivity index (χ2v) is 12.8. The maximum Gasteiger partial charge on any atom is 0.226 e. The van der Waals surface area contributed by atoms with E-state index in [-0.39, 0.29) is 46.3 Å². The summed E-state index contributed by atoms with van der Waals surface area (Å²) in [4.78, 5) is 33.1. The van der Waals surface area contributed by atoms with E-state index >= 15 is 0 Å². The molecule has 2 N–H and O–H groups in total. The highest BCUT2D eigenvalue weighted by molar-refractivity contribution is 7.15. The molecule has 6 unspecified atom stereocenters. The molecule has 0 aliphatic heterocycles. The maximum atomic E-state index is 12.9. The number of fused-ring (bicyclic) bond motifs is 2. The Morgan fingerprint density at radius 1 is 1.42 bits per heavy atom. The molecule has 0 spiro atoms. The van der Waals surface area contributed by atoms with Crippen molar-refractivity contribution in [3.8, 4) is 0 Å². The van der Waals surface area contributed by atoms with Crippen LogP contribution in [0.15, 0.2) is 12.7 Å². The number of hydrogen-bond donors (Lipinski definition) is 2. The molecular weight excluding hydrogens is 434 g/mol. The van der Waals surface area contributed by atoms with Crippen molar-refractivity contribution in [2.45, 2.75) is 79.2 Å². The zero-order valence-corrected chi connectivity index (χ0v) is 22.1.